The van der Waals surface area contributed by atoms with E-state index in [1.807, 2.05) is 6.07 Å². The Kier molecular flexibility index (Phi) is 6.43. The lowest BCUT2D eigenvalue weighted by atomic mass is 9.95. The monoisotopic (exact) mass is 241 g/mol. The Morgan fingerprint density at radius 3 is 2.69 bits per heavy atom. The lowest BCUT2D eigenvalue weighted by Gasteiger charge is -2.13. The van der Waals surface area contributed by atoms with Crippen LogP contribution in [0.15, 0.2) is 18.3 Å². The van der Waals surface area contributed by atoms with Crippen molar-refractivity contribution in [2.75, 3.05) is 6.61 Å². The topological polar surface area (TPSA) is 33.1 Å². The number of aliphatic hydroxyl groups excluding tert-OH is 1. The van der Waals surface area contributed by atoms with Crippen LogP contribution in [-0.2, 0) is 0 Å². The molecule has 0 bridgehead atoms. The van der Waals surface area contributed by atoms with Crippen LogP contribution in [0.4, 0.5) is 0 Å². The second-order valence-corrected chi connectivity index (χ2v) is 4.53. The summed E-state index contributed by atoms with van der Waals surface area (Å²) in [6, 6.07) is 3.74. The maximum Gasteiger partial charge on any atom is 0.129 e. The van der Waals surface area contributed by atoms with Crippen molar-refractivity contribution in [2.45, 2.75) is 44.9 Å². The van der Waals surface area contributed by atoms with Crippen molar-refractivity contribution >= 4 is 11.6 Å². The molecule has 90 valence electrons. The summed E-state index contributed by atoms with van der Waals surface area (Å²) in [4.78, 5) is 4.05. The smallest absolute Gasteiger partial charge is 0.129 e. The molecule has 0 aromatic carbocycles. The van der Waals surface area contributed by atoms with E-state index in [9.17, 15) is 5.11 Å². The van der Waals surface area contributed by atoms with E-state index < -0.39 is 0 Å². The summed E-state index contributed by atoms with van der Waals surface area (Å²) in [5.74, 6) is 0.210. The molecule has 0 unspecified atom stereocenters. The summed E-state index contributed by atoms with van der Waals surface area (Å²) in [6.45, 7) is 2.39. The molecule has 3 heteroatoms. The van der Waals surface area contributed by atoms with Gasteiger partial charge in [0.05, 0.1) is 0 Å². The Balaban J connectivity index is 2.44. The Hall–Kier alpha value is -0.600. The first-order valence-corrected chi connectivity index (χ1v) is 6.38. The molecule has 2 nitrogen and oxygen atoms in total. The zero-order valence-electron chi connectivity index (χ0n) is 9.82. The van der Waals surface area contributed by atoms with Crippen LogP contribution in [0.2, 0.25) is 5.15 Å². The van der Waals surface area contributed by atoms with Gasteiger partial charge in [0, 0.05) is 18.7 Å². The van der Waals surface area contributed by atoms with E-state index in [-0.39, 0.29) is 12.5 Å². The number of aliphatic hydroxyl groups is 1. The predicted molar refractivity (Wildman–Crippen MR) is 67.8 cm³/mol. The molecule has 0 aliphatic rings. The highest BCUT2D eigenvalue weighted by Crippen LogP contribution is 2.22. The van der Waals surface area contributed by atoms with Gasteiger partial charge in [0.2, 0.25) is 0 Å². The molecule has 0 saturated heterocycles. The summed E-state index contributed by atoms with van der Waals surface area (Å²) in [7, 11) is 0. The zero-order valence-corrected chi connectivity index (χ0v) is 10.6. The van der Waals surface area contributed by atoms with Crippen molar-refractivity contribution in [3.8, 4) is 0 Å². The summed E-state index contributed by atoms with van der Waals surface area (Å²) in [6.07, 6.45) is 7.72. The second-order valence-electron chi connectivity index (χ2n) is 4.14. The summed E-state index contributed by atoms with van der Waals surface area (Å²) in [5.41, 5.74) is 1.09. The van der Waals surface area contributed by atoms with E-state index in [0.717, 1.165) is 12.0 Å². The van der Waals surface area contributed by atoms with Gasteiger partial charge in [-0.1, -0.05) is 50.3 Å². The molecule has 16 heavy (non-hydrogen) atoms. The molecule has 1 rings (SSSR count). The summed E-state index contributed by atoms with van der Waals surface area (Å²) < 4.78 is 0. The van der Waals surface area contributed by atoms with Crippen LogP contribution in [-0.4, -0.2) is 16.7 Å². The van der Waals surface area contributed by atoms with Crippen molar-refractivity contribution in [3.63, 3.8) is 0 Å². The SMILES string of the molecule is CCCCCC[C@H](CO)c1ccc(Cl)nc1. The van der Waals surface area contributed by atoms with Gasteiger partial charge in [-0.15, -0.1) is 0 Å². The maximum absolute atomic E-state index is 9.34. The fourth-order valence-electron chi connectivity index (χ4n) is 1.81. The maximum atomic E-state index is 9.34. The van der Waals surface area contributed by atoms with Gasteiger partial charge in [0.1, 0.15) is 5.15 Å². The van der Waals surface area contributed by atoms with Crippen LogP contribution in [0.5, 0.6) is 0 Å². The average molecular weight is 242 g/mol. The Labute approximate surface area is 103 Å². The highest BCUT2D eigenvalue weighted by molar-refractivity contribution is 6.29. The van der Waals surface area contributed by atoms with Gasteiger partial charge in [-0.2, -0.15) is 0 Å². The fourth-order valence-corrected chi connectivity index (χ4v) is 1.92. The van der Waals surface area contributed by atoms with E-state index in [1.54, 1.807) is 12.3 Å². The van der Waals surface area contributed by atoms with Gasteiger partial charge < -0.3 is 5.11 Å². The number of aromatic nitrogens is 1. The van der Waals surface area contributed by atoms with E-state index in [2.05, 4.69) is 11.9 Å². The summed E-state index contributed by atoms with van der Waals surface area (Å²) >= 11 is 5.73. The molecule has 1 N–H and O–H groups in total. The largest absolute Gasteiger partial charge is 0.396 e. The van der Waals surface area contributed by atoms with Crippen LogP contribution in [0.1, 0.15) is 50.5 Å². The first-order chi connectivity index (χ1) is 7.77. The summed E-state index contributed by atoms with van der Waals surface area (Å²) in [5, 5.41) is 9.85. The van der Waals surface area contributed by atoms with Crippen molar-refractivity contribution < 1.29 is 5.11 Å². The number of halogens is 1. The highest BCUT2D eigenvalue weighted by Gasteiger charge is 2.10. The zero-order chi connectivity index (χ0) is 11.8. The van der Waals surface area contributed by atoms with E-state index in [0.29, 0.717) is 5.15 Å². The third-order valence-corrected chi connectivity index (χ3v) is 3.07. The molecule has 0 amide bonds. The van der Waals surface area contributed by atoms with E-state index in [4.69, 9.17) is 11.6 Å². The molecule has 1 aromatic rings. The van der Waals surface area contributed by atoms with Crippen LogP contribution in [0.25, 0.3) is 0 Å². The van der Waals surface area contributed by atoms with E-state index >= 15 is 0 Å². The number of pyridine rings is 1. The molecule has 0 radical (unpaired) electrons. The van der Waals surface area contributed by atoms with Crippen LogP contribution in [0.3, 0.4) is 0 Å². The first kappa shape index (κ1) is 13.5. The Bertz CT molecular complexity index is 286. The predicted octanol–water partition coefficient (Wildman–Crippen LogP) is 3.78. The van der Waals surface area contributed by atoms with Gasteiger partial charge >= 0.3 is 0 Å². The molecule has 0 saturated carbocycles. The quantitative estimate of drug-likeness (QED) is 0.582. The van der Waals surface area contributed by atoms with E-state index in [1.165, 1.54) is 25.7 Å². The molecule has 1 heterocycles. The number of rotatable bonds is 7. The molecule has 0 spiro atoms. The van der Waals surface area contributed by atoms with Crippen molar-refractivity contribution in [2.24, 2.45) is 0 Å². The van der Waals surface area contributed by atoms with Crippen LogP contribution in [0, 0.1) is 0 Å². The van der Waals surface area contributed by atoms with Gasteiger partial charge in [-0.05, 0) is 18.1 Å². The van der Waals surface area contributed by atoms with Crippen molar-refractivity contribution in [1.29, 1.82) is 0 Å². The van der Waals surface area contributed by atoms with Gasteiger partial charge in [-0.3, -0.25) is 0 Å². The van der Waals surface area contributed by atoms with Crippen molar-refractivity contribution in [3.05, 3.63) is 29.0 Å². The van der Waals surface area contributed by atoms with Gasteiger partial charge in [0.25, 0.3) is 0 Å². The lowest BCUT2D eigenvalue weighted by molar-refractivity contribution is 0.256. The molecule has 0 aliphatic heterocycles. The third-order valence-electron chi connectivity index (χ3n) is 2.85. The third kappa shape index (κ3) is 4.50. The fraction of sp³-hybridized carbons (Fsp3) is 0.615. The van der Waals surface area contributed by atoms with Gasteiger partial charge in [-0.25, -0.2) is 4.98 Å². The van der Waals surface area contributed by atoms with Crippen molar-refractivity contribution in [1.82, 2.24) is 4.98 Å². The number of unbranched alkanes of at least 4 members (excludes halogenated alkanes) is 3. The normalized spacial score (nSPS) is 12.7. The Morgan fingerprint density at radius 1 is 1.31 bits per heavy atom. The van der Waals surface area contributed by atoms with Crippen LogP contribution >= 0.6 is 11.6 Å². The van der Waals surface area contributed by atoms with Crippen LogP contribution < -0.4 is 0 Å². The number of hydrogen-bond acceptors (Lipinski definition) is 2. The first-order valence-electron chi connectivity index (χ1n) is 6.00. The second kappa shape index (κ2) is 7.64. The number of hydrogen-bond donors (Lipinski definition) is 1. The number of nitrogens with zero attached hydrogens (tertiary/aromatic N) is 1. The standard InChI is InChI=1S/C13H20ClNO/c1-2-3-4-5-6-12(10-16)11-7-8-13(14)15-9-11/h7-9,12,16H,2-6,10H2,1H3/t12-/m1/s1. The average Bonchev–Trinajstić information content (AvgIpc) is 2.31. The molecular formula is C13H20ClNO. The molecular weight excluding hydrogens is 222 g/mol. The minimum absolute atomic E-state index is 0.190. The molecule has 0 fully saturated rings. The highest BCUT2D eigenvalue weighted by atomic mass is 35.5. The lowest BCUT2D eigenvalue weighted by Crippen LogP contribution is -2.04. The van der Waals surface area contributed by atoms with Gasteiger partial charge in [0.15, 0.2) is 0 Å². The molecule has 0 aliphatic carbocycles. The minimum Gasteiger partial charge on any atom is -0.396 e. The minimum atomic E-state index is 0.190. The Morgan fingerprint density at radius 2 is 2.12 bits per heavy atom. The molecule has 1 atom stereocenters. The molecule has 1 aromatic heterocycles.